The van der Waals surface area contributed by atoms with Crippen LogP contribution < -0.4 is 11.1 Å². The zero-order chi connectivity index (χ0) is 14.8. The van der Waals surface area contributed by atoms with Crippen LogP contribution in [-0.4, -0.2) is 41.6 Å². The summed E-state index contributed by atoms with van der Waals surface area (Å²) in [6, 6.07) is 1.93. The number of hydrogen-bond donors (Lipinski definition) is 2. The van der Waals surface area contributed by atoms with Crippen LogP contribution in [-0.2, 0) is 0 Å². The van der Waals surface area contributed by atoms with E-state index in [2.05, 4.69) is 24.1 Å². The first-order valence-electron chi connectivity index (χ1n) is 6.58. The number of nitrogen functional groups attached to an aromatic ring is 1. The second-order valence-electron chi connectivity index (χ2n) is 6.05. The largest absolute Gasteiger partial charge is 0.397 e. The predicted molar refractivity (Wildman–Crippen MR) is 79.3 cm³/mol. The molecule has 19 heavy (non-hydrogen) atoms. The van der Waals surface area contributed by atoms with Crippen LogP contribution in [0.4, 0.5) is 5.69 Å². The van der Waals surface area contributed by atoms with Gasteiger partial charge in [-0.2, -0.15) is 0 Å². The van der Waals surface area contributed by atoms with Gasteiger partial charge in [0.1, 0.15) is 5.69 Å². The van der Waals surface area contributed by atoms with Gasteiger partial charge in [0.2, 0.25) is 0 Å². The molecule has 0 unspecified atom stereocenters. The van der Waals surface area contributed by atoms with Crippen molar-refractivity contribution in [2.75, 3.05) is 26.4 Å². The number of nitrogens with two attached hydrogens (primary N) is 1. The number of hydrogen-bond acceptors (Lipinski definition) is 3. The lowest BCUT2D eigenvalue weighted by atomic mass is 10.0. The third-order valence-corrected chi connectivity index (χ3v) is 3.55. The van der Waals surface area contributed by atoms with Gasteiger partial charge in [0.15, 0.2) is 0 Å². The van der Waals surface area contributed by atoms with Gasteiger partial charge in [0.25, 0.3) is 5.91 Å². The van der Waals surface area contributed by atoms with Crippen molar-refractivity contribution in [1.29, 1.82) is 0 Å². The Kier molecular flexibility index (Phi) is 4.63. The number of carbonyl (C=O) groups is 1. The van der Waals surface area contributed by atoms with Crippen molar-refractivity contribution in [3.8, 4) is 0 Å². The summed E-state index contributed by atoms with van der Waals surface area (Å²) >= 11 is 0. The van der Waals surface area contributed by atoms with Gasteiger partial charge in [-0.15, -0.1) is 0 Å². The van der Waals surface area contributed by atoms with Crippen molar-refractivity contribution in [2.45, 2.75) is 39.3 Å². The van der Waals surface area contributed by atoms with E-state index in [4.69, 9.17) is 5.73 Å². The van der Waals surface area contributed by atoms with E-state index in [1.54, 1.807) is 12.3 Å². The normalized spacial score (nSPS) is 12.2. The molecule has 1 amide bonds. The number of amides is 1. The zero-order valence-electron chi connectivity index (χ0n) is 12.8. The summed E-state index contributed by atoms with van der Waals surface area (Å²) in [5.41, 5.74) is 6.92. The Morgan fingerprint density at radius 3 is 2.53 bits per heavy atom. The van der Waals surface area contributed by atoms with Gasteiger partial charge in [-0.05, 0) is 47.9 Å². The van der Waals surface area contributed by atoms with Crippen LogP contribution in [0.1, 0.15) is 44.2 Å². The molecule has 0 aliphatic carbocycles. The van der Waals surface area contributed by atoms with E-state index in [1.807, 2.05) is 32.5 Å². The van der Waals surface area contributed by atoms with Crippen molar-refractivity contribution >= 4 is 11.6 Å². The van der Waals surface area contributed by atoms with E-state index < -0.39 is 0 Å². The number of nitrogens with one attached hydrogen (secondary N) is 1. The minimum Gasteiger partial charge on any atom is -0.397 e. The van der Waals surface area contributed by atoms with Gasteiger partial charge in [-0.25, -0.2) is 0 Å². The fourth-order valence-corrected chi connectivity index (χ4v) is 1.66. The molecule has 0 bridgehead atoms. The molecule has 0 saturated carbocycles. The number of nitrogens with zero attached hydrogens (tertiary/aromatic N) is 2. The number of likely N-dealkylation sites (N-methyl/N-ethyl adjacent to an activating group) is 1. The third kappa shape index (κ3) is 3.73. The fourth-order valence-electron chi connectivity index (χ4n) is 1.66. The third-order valence-electron chi connectivity index (χ3n) is 3.55. The SMILES string of the molecule is CC(C)n1cc(N)cc1C(=O)NCC(C)(C)N(C)C. The lowest BCUT2D eigenvalue weighted by Gasteiger charge is -2.32. The predicted octanol–water partition coefficient (Wildman–Crippen LogP) is 1.72. The lowest BCUT2D eigenvalue weighted by Crippen LogP contribution is -2.48. The lowest BCUT2D eigenvalue weighted by molar-refractivity contribution is 0.0909. The minimum absolute atomic E-state index is 0.0830. The van der Waals surface area contributed by atoms with Crippen LogP contribution in [0.25, 0.3) is 0 Å². The molecule has 0 atom stereocenters. The molecule has 5 nitrogen and oxygen atoms in total. The Balaban J connectivity index is 2.79. The quantitative estimate of drug-likeness (QED) is 0.853. The van der Waals surface area contributed by atoms with Crippen molar-refractivity contribution in [3.63, 3.8) is 0 Å². The van der Waals surface area contributed by atoms with Gasteiger partial charge < -0.3 is 20.5 Å². The van der Waals surface area contributed by atoms with Crippen LogP contribution >= 0.6 is 0 Å². The average molecular weight is 266 g/mol. The highest BCUT2D eigenvalue weighted by Crippen LogP contribution is 2.17. The molecule has 1 aromatic rings. The van der Waals surface area contributed by atoms with Gasteiger partial charge in [-0.1, -0.05) is 0 Å². The number of aromatic nitrogens is 1. The maximum atomic E-state index is 12.2. The molecule has 3 N–H and O–H groups in total. The Morgan fingerprint density at radius 1 is 1.47 bits per heavy atom. The fraction of sp³-hybridized carbons (Fsp3) is 0.643. The highest BCUT2D eigenvalue weighted by Gasteiger charge is 2.22. The molecule has 0 spiro atoms. The number of anilines is 1. The molecule has 0 radical (unpaired) electrons. The van der Waals surface area contributed by atoms with Crippen LogP contribution in [0.3, 0.4) is 0 Å². The highest BCUT2D eigenvalue weighted by molar-refractivity contribution is 5.93. The molecular weight excluding hydrogens is 240 g/mol. The van der Waals surface area contributed by atoms with Gasteiger partial charge in [0.05, 0.1) is 5.69 Å². The first-order chi connectivity index (χ1) is 8.65. The van der Waals surface area contributed by atoms with Gasteiger partial charge >= 0.3 is 0 Å². The van der Waals surface area contributed by atoms with Crippen LogP contribution in [0.2, 0.25) is 0 Å². The monoisotopic (exact) mass is 266 g/mol. The molecule has 0 aliphatic heterocycles. The molecule has 1 rings (SSSR count). The van der Waals surface area contributed by atoms with Crippen molar-refractivity contribution < 1.29 is 4.79 Å². The zero-order valence-corrected chi connectivity index (χ0v) is 12.8. The second-order valence-corrected chi connectivity index (χ2v) is 6.05. The minimum atomic E-state index is -0.0868. The first-order valence-corrected chi connectivity index (χ1v) is 6.58. The molecule has 5 heteroatoms. The summed E-state index contributed by atoms with van der Waals surface area (Å²) in [5.74, 6) is -0.0830. The summed E-state index contributed by atoms with van der Waals surface area (Å²) in [6.07, 6.45) is 1.80. The Bertz CT molecular complexity index is 446. The molecule has 1 heterocycles. The Labute approximate surface area is 115 Å². The number of rotatable bonds is 5. The maximum absolute atomic E-state index is 12.2. The van der Waals surface area contributed by atoms with E-state index in [0.717, 1.165) is 0 Å². The van der Waals surface area contributed by atoms with Crippen LogP contribution in [0.15, 0.2) is 12.3 Å². The molecule has 0 saturated heterocycles. The molecule has 0 fully saturated rings. The van der Waals surface area contributed by atoms with Crippen molar-refractivity contribution in [1.82, 2.24) is 14.8 Å². The topological polar surface area (TPSA) is 63.3 Å². The van der Waals surface area contributed by atoms with Crippen LogP contribution in [0.5, 0.6) is 0 Å². The van der Waals surface area contributed by atoms with Crippen molar-refractivity contribution in [3.05, 3.63) is 18.0 Å². The average Bonchev–Trinajstić information content (AvgIpc) is 2.68. The second kappa shape index (κ2) is 5.65. The van der Waals surface area contributed by atoms with E-state index in [1.165, 1.54) is 0 Å². The smallest absolute Gasteiger partial charge is 0.268 e. The molecule has 0 aromatic carbocycles. The Hall–Kier alpha value is -1.49. The van der Waals surface area contributed by atoms with E-state index in [0.29, 0.717) is 17.9 Å². The van der Waals surface area contributed by atoms with E-state index in [-0.39, 0.29) is 17.5 Å². The molecular formula is C14H26N4O. The summed E-state index contributed by atoms with van der Waals surface area (Å²) in [7, 11) is 4.00. The van der Waals surface area contributed by atoms with E-state index in [9.17, 15) is 4.79 Å². The van der Waals surface area contributed by atoms with Gasteiger partial charge in [-0.3, -0.25) is 4.79 Å². The number of carbonyl (C=O) groups excluding carboxylic acids is 1. The van der Waals surface area contributed by atoms with Gasteiger partial charge in [0, 0.05) is 24.3 Å². The Morgan fingerprint density at radius 2 is 2.05 bits per heavy atom. The molecule has 1 aromatic heterocycles. The summed E-state index contributed by atoms with van der Waals surface area (Å²) in [4.78, 5) is 14.3. The maximum Gasteiger partial charge on any atom is 0.268 e. The standard InChI is InChI=1S/C14H26N4O/c1-10(2)18-8-11(15)7-12(18)13(19)16-9-14(3,4)17(5)6/h7-8,10H,9,15H2,1-6H3,(H,16,19). The first kappa shape index (κ1) is 15.6. The summed E-state index contributed by atoms with van der Waals surface area (Å²) in [6.45, 7) is 8.81. The molecule has 0 aliphatic rings. The highest BCUT2D eigenvalue weighted by atomic mass is 16.1. The van der Waals surface area contributed by atoms with E-state index >= 15 is 0 Å². The van der Waals surface area contributed by atoms with Crippen LogP contribution in [0, 0.1) is 0 Å². The van der Waals surface area contributed by atoms with Crippen molar-refractivity contribution in [2.24, 2.45) is 0 Å². The summed E-state index contributed by atoms with van der Waals surface area (Å²) in [5, 5.41) is 2.97. The summed E-state index contributed by atoms with van der Waals surface area (Å²) < 4.78 is 1.90. The molecule has 108 valence electrons.